The van der Waals surface area contributed by atoms with Crippen molar-refractivity contribution in [2.24, 2.45) is 5.73 Å². The van der Waals surface area contributed by atoms with Crippen molar-refractivity contribution in [3.05, 3.63) is 23.2 Å². The van der Waals surface area contributed by atoms with Gasteiger partial charge in [-0.2, -0.15) is 4.31 Å². The molecule has 128 valence electrons. The molecule has 8 nitrogen and oxygen atoms in total. The van der Waals surface area contributed by atoms with Crippen molar-refractivity contribution in [2.45, 2.75) is 18.7 Å². The largest absolute Gasteiger partial charge is 0.376 e. The maximum absolute atomic E-state index is 12.5. The van der Waals surface area contributed by atoms with E-state index in [1.165, 1.54) is 22.5 Å². The second-order valence-corrected chi connectivity index (χ2v) is 6.81. The zero-order chi connectivity index (χ0) is 17.6. The average Bonchev–Trinajstić information content (AvgIpc) is 2.46. The first kappa shape index (κ1) is 19.2. The molecule has 3 amide bonds. The van der Waals surface area contributed by atoms with Crippen LogP contribution in [-0.4, -0.2) is 44.3 Å². The molecule has 0 unspecified atom stereocenters. The zero-order valence-corrected chi connectivity index (χ0v) is 14.4. The van der Waals surface area contributed by atoms with Gasteiger partial charge < -0.3 is 11.1 Å². The number of urea groups is 1. The van der Waals surface area contributed by atoms with Crippen molar-refractivity contribution in [3.63, 3.8) is 0 Å². The Kier molecular flexibility index (Phi) is 6.79. The van der Waals surface area contributed by atoms with Crippen molar-refractivity contribution in [1.82, 2.24) is 9.62 Å². The Labute approximate surface area is 140 Å². The number of rotatable bonds is 7. The molecule has 0 heterocycles. The summed E-state index contributed by atoms with van der Waals surface area (Å²) in [5.41, 5.74) is 5.20. The summed E-state index contributed by atoms with van der Waals surface area (Å²) in [6.07, 6.45) is 0. The molecular weight excluding hydrogens is 344 g/mol. The van der Waals surface area contributed by atoms with Gasteiger partial charge >= 0.3 is 6.03 Å². The van der Waals surface area contributed by atoms with Crippen LogP contribution in [0.5, 0.6) is 0 Å². The highest BCUT2D eigenvalue weighted by Crippen LogP contribution is 2.27. The van der Waals surface area contributed by atoms with E-state index < -0.39 is 22.0 Å². The van der Waals surface area contributed by atoms with Gasteiger partial charge in [-0.05, 0) is 18.2 Å². The molecule has 0 saturated carbocycles. The van der Waals surface area contributed by atoms with Crippen molar-refractivity contribution < 1.29 is 18.0 Å². The Hall–Kier alpha value is -1.84. The Bertz CT molecular complexity index is 689. The number of anilines is 1. The van der Waals surface area contributed by atoms with Crippen molar-refractivity contribution in [1.29, 1.82) is 0 Å². The molecule has 0 aliphatic rings. The van der Waals surface area contributed by atoms with Crippen LogP contribution >= 0.6 is 11.6 Å². The molecule has 0 atom stereocenters. The number of halogens is 1. The summed E-state index contributed by atoms with van der Waals surface area (Å²) in [7, 11) is -3.73. The third-order valence-corrected chi connectivity index (χ3v) is 5.50. The number of carbonyl (C=O) groups is 2. The smallest absolute Gasteiger partial charge is 0.318 e. The Morgan fingerprint density at radius 2 is 1.87 bits per heavy atom. The van der Waals surface area contributed by atoms with Crippen LogP contribution in [0.25, 0.3) is 0 Å². The van der Waals surface area contributed by atoms with Gasteiger partial charge in [0.1, 0.15) is 4.90 Å². The minimum Gasteiger partial charge on any atom is -0.376 e. The molecule has 1 aromatic carbocycles. The van der Waals surface area contributed by atoms with Gasteiger partial charge in [-0.1, -0.05) is 25.4 Å². The van der Waals surface area contributed by atoms with Crippen LogP contribution in [0, 0.1) is 0 Å². The summed E-state index contributed by atoms with van der Waals surface area (Å²) in [4.78, 5) is 21.8. The molecule has 1 aromatic rings. The molecule has 1 rings (SSSR count). The Balaban J connectivity index is 3.00. The number of nitrogens with one attached hydrogen (secondary N) is 2. The van der Waals surface area contributed by atoms with E-state index >= 15 is 0 Å². The monoisotopic (exact) mass is 362 g/mol. The predicted molar refractivity (Wildman–Crippen MR) is 87.8 cm³/mol. The number of nitrogens with zero attached hydrogens (tertiary/aromatic N) is 1. The molecule has 0 spiro atoms. The Morgan fingerprint density at radius 1 is 1.26 bits per heavy atom. The van der Waals surface area contributed by atoms with Crippen LogP contribution in [0.4, 0.5) is 10.5 Å². The number of carbonyl (C=O) groups excluding carboxylic acids is 2. The first-order chi connectivity index (χ1) is 10.7. The summed E-state index contributed by atoms with van der Waals surface area (Å²) in [5, 5.41) is 4.68. The SMILES string of the molecule is CCN(CC)S(=O)(=O)c1cc(NCC(=O)NC(N)=O)ccc1Cl. The fraction of sp³-hybridized carbons (Fsp3) is 0.385. The number of primary amides is 1. The summed E-state index contributed by atoms with van der Waals surface area (Å²) in [5.74, 6) is -0.638. The highest BCUT2D eigenvalue weighted by atomic mass is 35.5. The van der Waals surface area contributed by atoms with Crippen LogP contribution < -0.4 is 16.4 Å². The molecule has 0 radical (unpaired) electrons. The van der Waals surface area contributed by atoms with E-state index in [-0.39, 0.29) is 16.5 Å². The van der Waals surface area contributed by atoms with Crippen molar-refractivity contribution in [3.8, 4) is 0 Å². The van der Waals surface area contributed by atoms with Crippen molar-refractivity contribution in [2.75, 3.05) is 25.0 Å². The quantitative estimate of drug-likeness (QED) is 0.667. The normalized spacial score (nSPS) is 11.3. The third kappa shape index (κ3) is 5.08. The summed E-state index contributed by atoms with van der Waals surface area (Å²) in [6, 6.07) is 3.33. The zero-order valence-electron chi connectivity index (χ0n) is 12.8. The number of imide groups is 1. The van der Waals surface area contributed by atoms with E-state index in [0.29, 0.717) is 18.8 Å². The number of hydrogen-bond acceptors (Lipinski definition) is 5. The molecule has 0 aromatic heterocycles. The summed E-state index contributed by atoms with van der Waals surface area (Å²) in [6.45, 7) is 3.84. The molecule has 23 heavy (non-hydrogen) atoms. The molecule has 4 N–H and O–H groups in total. The maximum Gasteiger partial charge on any atom is 0.318 e. The first-order valence-electron chi connectivity index (χ1n) is 6.85. The average molecular weight is 363 g/mol. The lowest BCUT2D eigenvalue weighted by Crippen LogP contribution is -2.38. The van der Waals surface area contributed by atoms with E-state index in [2.05, 4.69) is 5.32 Å². The molecule has 10 heteroatoms. The van der Waals surface area contributed by atoms with E-state index in [0.717, 1.165) is 0 Å². The van der Waals surface area contributed by atoms with E-state index in [9.17, 15) is 18.0 Å². The van der Waals surface area contributed by atoms with Crippen LogP contribution in [0.1, 0.15) is 13.8 Å². The number of hydrogen-bond donors (Lipinski definition) is 3. The van der Waals surface area contributed by atoms with Crippen molar-refractivity contribution >= 4 is 39.2 Å². The predicted octanol–water partition coefficient (Wildman–Crippen LogP) is 0.977. The van der Waals surface area contributed by atoms with E-state index in [4.69, 9.17) is 17.3 Å². The van der Waals surface area contributed by atoms with Gasteiger partial charge in [-0.3, -0.25) is 10.1 Å². The lowest BCUT2D eigenvalue weighted by Gasteiger charge is -2.19. The van der Waals surface area contributed by atoms with Crippen LogP contribution in [0.3, 0.4) is 0 Å². The highest BCUT2D eigenvalue weighted by molar-refractivity contribution is 7.89. The summed E-state index contributed by atoms with van der Waals surface area (Å²) >= 11 is 6.00. The third-order valence-electron chi connectivity index (χ3n) is 2.97. The lowest BCUT2D eigenvalue weighted by molar-refractivity contribution is -0.118. The van der Waals surface area contributed by atoms with Gasteiger partial charge in [-0.25, -0.2) is 13.2 Å². The molecule has 0 aliphatic carbocycles. The minimum absolute atomic E-state index is 0.0526. The number of sulfonamides is 1. The molecule has 0 bridgehead atoms. The molecule has 0 saturated heterocycles. The number of benzene rings is 1. The Morgan fingerprint density at radius 3 is 2.39 bits per heavy atom. The first-order valence-corrected chi connectivity index (χ1v) is 8.67. The second-order valence-electron chi connectivity index (χ2n) is 4.50. The molecular formula is C13H19ClN4O4S. The molecule has 0 aliphatic heterocycles. The van der Waals surface area contributed by atoms with Gasteiger partial charge in [0.2, 0.25) is 15.9 Å². The van der Waals surface area contributed by atoms with Crippen LogP contribution in [0.15, 0.2) is 23.1 Å². The van der Waals surface area contributed by atoms with Crippen LogP contribution in [-0.2, 0) is 14.8 Å². The number of amides is 3. The van der Waals surface area contributed by atoms with Gasteiger partial charge in [0.15, 0.2) is 0 Å². The molecule has 0 fully saturated rings. The van der Waals surface area contributed by atoms with Gasteiger partial charge in [0.25, 0.3) is 0 Å². The fourth-order valence-corrected chi connectivity index (χ4v) is 3.84. The minimum atomic E-state index is -3.73. The van der Waals surface area contributed by atoms with Gasteiger partial charge in [-0.15, -0.1) is 0 Å². The fourth-order valence-electron chi connectivity index (χ4n) is 1.88. The standard InChI is InChI=1S/C13H19ClN4O4S/c1-3-18(4-2)23(21,22)11-7-9(5-6-10(11)14)16-8-12(19)17-13(15)20/h5-7,16H,3-4,8H2,1-2H3,(H3,15,17,19,20). The maximum atomic E-state index is 12.5. The summed E-state index contributed by atoms with van der Waals surface area (Å²) < 4.78 is 26.3. The van der Waals surface area contributed by atoms with E-state index in [1.807, 2.05) is 5.32 Å². The van der Waals surface area contributed by atoms with E-state index in [1.54, 1.807) is 13.8 Å². The van der Waals surface area contributed by atoms with Gasteiger partial charge in [0.05, 0.1) is 11.6 Å². The second kappa shape index (κ2) is 8.14. The van der Waals surface area contributed by atoms with Crippen LogP contribution in [0.2, 0.25) is 5.02 Å². The topological polar surface area (TPSA) is 122 Å². The number of nitrogens with two attached hydrogens (primary N) is 1. The lowest BCUT2D eigenvalue weighted by atomic mass is 10.3. The van der Waals surface area contributed by atoms with Gasteiger partial charge in [0, 0.05) is 18.8 Å². The highest BCUT2D eigenvalue weighted by Gasteiger charge is 2.24.